The standard InChI is InChI=1S/C22H30N2O5/c1-15(2)9-12-28-20(25)13-18-21(26)23-10-11-24(18)22(27)17-7-5-6-8-19(17)29-14-16(3)4/h5-8,15,18H,3,9-14H2,1-2,4H3,(H,23,26). The second-order valence-corrected chi connectivity index (χ2v) is 7.65. The number of rotatable bonds is 9. The van der Waals surface area contributed by atoms with E-state index in [0.717, 1.165) is 12.0 Å². The predicted octanol–water partition coefficient (Wildman–Crippen LogP) is 2.56. The molecule has 7 heteroatoms. The SMILES string of the molecule is C=C(C)COc1ccccc1C(=O)N1CCNC(=O)C1CC(=O)OCCC(C)C. The lowest BCUT2D eigenvalue weighted by atomic mass is 10.1. The first-order chi connectivity index (χ1) is 13.8. The Morgan fingerprint density at radius 2 is 2.03 bits per heavy atom. The second kappa shape index (κ2) is 10.6. The summed E-state index contributed by atoms with van der Waals surface area (Å²) in [6.45, 7) is 10.9. The Balaban J connectivity index is 2.13. The monoisotopic (exact) mass is 402 g/mol. The lowest BCUT2D eigenvalue weighted by Crippen LogP contribution is -2.57. The van der Waals surface area contributed by atoms with Crippen LogP contribution in [0.1, 0.15) is 44.0 Å². The van der Waals surface area contributed by atoms with Gasteiger partial charge in [0, 0.05) is 13.1 Å². The van der Waals surface area contributed by atoms with Crippen molar-refractivity contribution in [1.29, 1.82) is 0 Å². The quantitative estimate of drug-likeness (QED) is 0.507. The highest BCUT2D eigenvalue weighted by Gasteiger charge is 2.36. The molecule has 1 unspecified atom stereocenters. The van der Waals surface area contributed by atoms with Gasteiger partial charge in [-0.05, 0) is 37.0 Å². The van der Waals surface area contributed by atoms with Gasteiger partial charge in [-0.2, -0.15) is 0 Å². The van der Waals surface area contributed by atoms with E-state index in [0.29, 0.717) is 36.9 Å². The van der Waals surface area contributed by atoms with Gasteiger partial charge in [-0.3, -0.25) is 14.4 Å². The number of nitrogens with zero attached hydrogens (tertiary/aromatic N) is 1. The molecule has 1 aliphatic rings. The number of amides is 2. The minimum atomic E-state index is -0.906. The second-order valence-electron chi connectivity index (χ2n) is 7.65. The van der Waals surface area contributed by atoms with Crippen LogP contribution in [0.25, 0.3) is 0 Å². The molecule has 1 atom stereocenters. The van der Waals surface area contributed by atoms with Gasteiger partial charge in [0.1, 0.15) is 18.4 Å². The molecule has 1 aromatic rings. The lowest BCUT2D eigenvalue weighted by Gasteiger charge is -2.34. The molecule has 2 rings (SSSR count). The molecule has 0 saturated carbocycles. The molecule has 29 heavy (non-hydrogen) atoms. The summed E-state index contributed by atoms with van der Waals surface area (Å²) in [6, 6.07) is 5.96. The van der Waals surface area contributed by atoms with Crippen molar-refractivity contribution in [1.82, 2.24) is 10.2 Å². The minimum Gasteiger partial charge on any atom is -0.488 e. The topological polar surface area (TPSA) is 84.9 Å². The van der Waals surface area contributed by atoms with E-state index in [2.05, 4.69) is 11.9 Å². The van der Waals surface area contributed by atoms with Crippen molar-refractivity contribution in [2.24, 2.45) is 5.92 Å². The van der Waals surface area contributed by atoms with Crippen molar-refractivity contribution < 1.29 is 23.9 Å². The van der Waals surface area contributed by atoms with Gasteiger partial charge in [0.05, 0.1) is 18.6 Å². The molecule has 0 aliphatic carbocycles. The van der Waals surface area contributed by atoms with E-state index in [1.165, 1.54) is 4.90 Å². The number of piperazine rings is 1. The first-order valence-corrected chi connectivity index (χ1v) is 9.90. The maximum absolute atomic E-state index is 13.2. The normalized spacial score (nSPS) is 16.3. The minimum absolute atomic E-state index is 0.176. The molecule has 1 fully saturated rings. The number of ether oxygens (including phenoxy) is 2. The van der Waals surface area contributed by atoms with Crippen LogP contribution in [0.4, 0.5) is 0 Å². The summed E-state index contributed by atoms with van der Waals surface area (Å²) >= 11 is 0. The van der Waals surface area contributed by atoms with E-state index < -0.39 is 12.0 Å². The van der Waals surface area contributed by atoms with E-state index in [4.69, 9.17) is 9.47 Å². The summed E-state index contributed by atoms with van der Waals surface area (Å²) in [7, 11) is 0. The zero-order chi connectivity index (χ0) is 21.4. The van der Waals surface area contributed by atoms with Crippen LogP contribution < -0.4 is 10.1 Å². The number of nitrogens with one attached hydrogen (secondary N) is 1. The summed E-state index contributed by atoms with van der Waals surface area (Å²) in [5, 5.41) is 2.72. The Morgan fingerprint density at radius 3 is 2.72 bits per heavy atom. The molecular weight excluding hydrogens is 372 g/mol. The highest BCUT2D eigenvalue weighted by molar-refractivity contribution is 6.01. The zero-order valence-corrected chi connectivity index (χ0v) is 17.4. The molecule has 1 saturated heterocycles. The third kappa shape index (κ3) is 6.62. The Bertz CT molecular complexity index is 759. The number of carbonyl (C=O) groups excluding carboxylic acids is 3. The van der Waals surface area contributed by atoms with E-state index >= 15 is 0 Å². The first-order valence-electron chi connectivity index (χ1n) is 9.90. The van der Waals surface area contributed by atoms with E-state index in [9.17, 15) is 14.4 Å². The zero-order valence-electron chi connectivity index (χ0n) is 17.4. The van der Waals surface area contributed by atoms with Crippen molar-refractivity contribution in [2.45, 2.75) is 39.7 Å². The van der Waals surface area contributed by atoms with Crippen molar-refractivity contribution in [2.75, 3.05) is 26.3 Å². The van der Waals surface area contributed by atoms with Crippen molar-refractivity contribution in [3.05, 3.63) is 42.0 Å². The lowest BCUT2D eigenvalue weighted by molar-refractivity contribution is -0.148. The first kappa shape index (κ1) is 22.5. The van der Waals surface area contributed by atoms with E-state index in [1.54, 1.807) is 24.3 Å². The van der Waals surface area contributed by atoms with Crippen LogP contribution in [0.15, 0.2) is 36.4 Å². The van der Waals surface area contributed by atoms with Crippen LogP contribution >= 0.6 is 0 Å². The maximum Gasteiger partial charge on any atom is 0.308 e. The van der Waals surface area contributed by atoms with Crippen molar-refractivity contribution in [3.8, 4) is 5.75 Å². The summed E-state index contributed by atoms with van der Waals surface area (Å²) in [5.41, 5.74) is 1.17. The molecule has 0 radical (unpaired) electrons. The van der Waals surface area contributed by atoms with Gasteiger partial charge < -0.3 is 19.7 Å². The smallest absolute Gasteiger partial charge is 0.308 e. The van der Waals surface area contributed by atoms with Crippen LogP contribution in [-0.4, -0.2) is 55.0 Å². The van der Waals surface area contributed by atoms with Crippen molar-refractivity contribution in [3.63, 3.8) is 0 Å². The van der Waals surface area contributed by atoms with Gasteiger partial charge in [-0.15, -0.1) is 0 Å². The Hall–Kier alpha value is -2.83. The third-order valence-electron chi connectivity index (χ3n) is 4.50. The number of para-hydroxylation sites is 1. The highest BCUT2D eigenvalue weighted by atomic mass is 16.5. The predicted molar refractivity (Wildman–Crippen MR) is 110 cm³/mol. The van der Waals surface area contributed by atoms with Crippen LogP contribution in [0, 0.1) is 5.92 Å². The molecule has 0 aromatic heterocycles. The summed E-state index contributed by atoms with van der Waals surface area (Å²) in [6.07, 6.45) is 0.573. The van der Waals surface area contributed by atoms with Gasteiger partial charge >= 0.3 is 5.97 Å². The number of carbonyl (C=O) groups is 3. The summed E-state index contributed by atoms with van der Waals surface area (Å²) in [5.74, 6) is -0.362. The van der Waals surface area contributed by atoms with E-state index in [1.807, 2.05) is 20.8 Å². The van der Waals surface area contributed by atoms with Gasteiger partial charge in [0.25, 0.3) is 5.91 Å². The Morgan fingerprint density at radius 1 is 1.31 bits per heavy atom. The van der Waals surface area contributed by atoms with E-state index in [-0.39, 0.29) is 24.8 Å². The fourth-order valence-electron chi connectivity index (χ4n) is 2.91. The van der Waals surface area contributed by atoms with Crippen LogP contribution in [0.2, 0.25) is 0 Å². The molecule has 2 amide bonds. The fraction of sp³-hybridized carbons (Fsp3) is 0.500. The van der Waals surface area contributed by atoms with Gasteiger partial charge in [0.2, 0.25) is 5.91 Å². The third-order valence-corrected chi connectivity index (χ3v) is 4.50. The summed E-state index contributed by atoms with van der Waals surface area (Å²) < 4.78 is 10.9. The molecule has 1 N–H and O–H groups in total. The van der Waals surface area contributed by atoms with Crippen LogP contribution in [0.3, 0.4) is 0 Å². The average molecular weight is 402 g/mol. The van der Waals surface area contributed by atoms with Gasteiger partial charge in [-0.25, -0.2) is 0 Å². The number of benzene rings is 1. The largest absolute Gasteiger partial charge is 0.488 e. The molecule has 1 aliphatic heterocycles. The molecule has 1 aromatic carbocycles. The van der Waals surface area contributed by atoms with Crippen LogP contribution in [0.5, 0.6) is 5.75 Å². The highest BCUT2D eigenvalue weighted by Crippen LogP contribution is 2.23. The number of hydrogen-bond donors (Lipinski definition) is 1. The summed E-state index contributed by atoms with van der Waals surface area (Å²) in [4.78, 5) is 39.2. The number of esters is 1. The molecule has 7 nitrogen and oxygen atoms in total. The molecule has 0 spiro atoms. The number of hydrogen-bond acceptors (Lipinski definition) is 5. The van der Waals surface area contributed by atoms with Gasteiger partial charge in [0.15, 0.2) is 0 Å². The molecule has 1 heterocycles. The Labute approximate surface area is 172 Å². The molecule has 0 bridgehead atoms. The van der Waals surface area contributed by atoms with Crippen LogP contribution in [-0.2, 0) is 14.3 Å². The molecule has 158 valence electrons. The average Bonchev–Trinajstić information content (AvgIpc) is 2.67. The fourth-order valence-corrected chi connectivity index (χ4v) is 2.91. The maximum atomic E-state index is 13.2. The Kier molecular flexibility index (Phi) is 8.24. The van der Waals surface area contributed by atoms with Gasteiger partial charge in [-0.1, -0.05) is 32.6 Å². The molecular formula is C22H30N2O5. The van der Waals surface area contributed by atoms with Crippen molar-refractivity contribution >= 4 is 17.8 Å².